The molecule has 1 heterocycles. The highest BCUT2D eigenvalue weighted by Gasteiger charge is 2.22. The summed E-state index contributed by atoms with van der Waals surface area (Å²) in [4.78, 5) is 25.0. The van der Waals surface area contributed by atoms with E-state index in [1.807, 2.05) is 13.8 Å². The fourth-order valence-electron chi connectivity index (χ4n) is 1.81. The number of carbonyl (C=O) groups is 1. The summed E-state index contributed by atoms with van der Waals surface area (Å²) in [6, 6.07) is 0.985. The van der Waals surface area contributed by atoms with Gasteiger partial charge in [-0.25, -0.2) is 9.78 Å². The lowest BCUT2D eigenvalue weighted by molar-refractivity contribution is -0.384. The fraction of sp³-hybridized carbons (Fsp3) is 0.538. The van der Waals surface area contributed by atoms with Gasteiger partial charge in [0.2, 0.25) is 5.82 Å². The van der Waals surface area contributed by atoms with E-state index in [-0.39, 0.29) is 29.1 Å². The first-order valence-electron chi connectivity index (χ1n) is 6.49. The molecular formula is C13H19N3O5. The largest absolute Gasteiger partial charge is 0.478 e. The van der Waals surface area contributed by atoms with Gasteiger partial charge in [0.25, 0.3) is 0 Å². The molecule has 0 aliphatic carbocycles. The van der Waals surface area contributed by atoms with Crippen molar-refractivity contribution < 1.29 is 19.9 Å². The maximum atomic E-state index is 11.0. The Labute approximate surface area is 122 Å². The summed E-state index contributed by atoms with van der Waals surface area (Å²) in [5.41, 5.74) is -0.774. The van der Waals surface area contributed by atoms with Gasteiger partial charge in [-0.1, -0.05) is 13.8 Å². The van der Waals surface area contributed by atoms with Gasteiger partial charge in [0.1, 0.15) is 0 Å². The summed E-state index contributed by atoms with van der Waals surface area (Å²) in [6.45, 7) is 4.45. The molecule has 0 aliphatic rings. The molecule has 1 aromatic rings. The van der Waals surface area contributed by atoms with Crippen LogP contribution >= 0.6 is 0 Å². The Morgan fingerprint density at radius 2 is 2.19 bits per heavy atom. The Hall–Kier alpha value is -2.22. The van der Waals surface area contributed by atoms with Crippen molar-refractivity contribution >= 4 is 17.5 Å². The lowest BCUT2D eigenvalue weighted by Crippen LogP contribution is -2.24. The summed E-state index contributed by atoms with van der Waals surface area (Å²) in [6.07, 6.45) is 2.47. The predicted molar refractivity (Wildman–Crippen MR) is 76.4 cm³/mol. The molecule has 0 aliphatic heterocycles. The zero-order valence-electron chi connectivity index (χ0n) is 12.0. The van der Waals surface area contributed by atoms with Gasteiger partial charge in [0.05, 0.1) is 10.5 Å². The van der Waals surface area contributed by atoms with Crippen LogP contribution in [0.5, 0.6) is 0 Å². The van der Waals surface area contributed by atoms with Gasteiger partial charge in [0, 0.05) is 25.4 Å². The molecule has 0 aromatic carbocycles. The highest BCUT2D eigenvalue weighted by Crippen LogP contribution is 2.27. The summed E-state index contributed by atoms with van der Waals surface area (Å²) in [5, 5.41) is 31.5. The molecule has 1 aromatic heterocycles. The van der Waals surface area contributed by atoms with Crippen LogP contribution in [0, 0.1) is 15.5 Å². The van der Waals surface area contributed by atoms with Crippen LogP contribution in [0.15, 0.2) is 12.3 Å². The van der Waals surface area contributed by atoms with Gasteiger partial charge in [0.15, 0.2) is 0 Å². The number of aromatic carboxylic acids is 1. The average Bonchev–Trinajstić information content (AvgIpc) is 2.42. The van der Waals surface area contributed by atoms with Crippen molar-refractivity contribution in [3.05, 3.63) is 27.9 Å². The minimum Gasteiger partial charge on any atom is -0.478 e. The molecule has 0 radical (unpaired) electrons. The number of hydrogen-bond acceptors (Lipinski definition) is 6. The average molecular weight is 297 g/mol. The number of hydrogen-bond donors (Lipinski definition) is 3. The number of aliphatic hydroxyl groups is 1. The number of pyridine rings is 1. The molecular weight excluding hydrogens is 278 g/mol. The highest BCUT2D eigenvalue weighted by molar-refractivity contribution is 5.88. The van der Waals surface area contributed by atoms with Crippen molar-refractivity contribution in [2.75, 3.05) is 18.5 Å². The minimum absolute atomic E-state index is 0.0436. The summed E-state index contributed by atoms with van der Waals surface area (Å²) in [5.74, 6) is -1.22. The van der Waals surface area contributed by atoms with Crippen LogP contribution in [0.2, 0.25) is 0 Å². The second-order valence-corrected chi connectivity index (χ2v) is 5.50. The summed E-state index contributed by atoms with van der Waals surface area (Å²) < 4.78 is 0. The molecule has 8 nitrogen and oxygen atoms in total. The van der Waals surface area contributed by atoms with Gasteiger partial charge in [-0.2, -0.15) is 0 Å². The normalized spacial score (nSPS) is 11.2. The van der Waals surface area contributed by atoms with E-state index < -0.39 is 10.9 Å². The van der Waals surface area contributed by atoms with Crippen molar-refractivity contribution in [3.8, 4) is 0 Å². The molecule has 0 atom stereocenters. The van der Waals surface area contributed by atoms with Crippen molar-refractivity contribution in [2.45, 2.75) is 26.7 Å². The molecule has 3 N–H and O–H groups in total. The molecule has 0 amide bonds. The Balaban J connectivity index is 2.88. The van der Waals surface area contributed by atoms with Gasteiger partial charge in [-0.05, 0) is 18.3 Å². The Morgan fingerprint density at radius 1 is 1.52 bits per heavy atom. The SMILES string of the molecule is CC(C)(CCCO)CNc1ncc(C(=O)O)cc1[N+](=O)[O-]. The van der Waals surface area contributed by atoms with Gasteiger partial charge in [-0.3, -0.25) is 10.1 Å². The lowest BCUT2D eigenvalue weighted by Gasteiger charge is -2.24. The second kappa shape index (κ2) is 6.98. The van der Waals surface area contributed by atoms with Gasteiger partial charge < -0.3 is 15.5 Å². The number of carboxylic acids is 1. The summed E-state index contributed by atoms with van der Waals surface area (Å²) in [7, 11) is 0. The monoisotopic (exact) mass is 297 g/mol. The number of nitro groups is 1. The van der Waals surface area contributed by atoms with E-state index in [4.69, 9.17) is 10.2 Å². The lowest BCUT2D eigenvalue weighted by atomic mass is 9.88. The Kier molecular flexibility index (Phi) is 5.60. The van der Waals surface area contributed by atoms with Crippen LogP contribution in [-0.4, -0.2) is 39.2 Å². The molecule has 0 saturated carbocycles. The standard InChI is InChI=1S/C13H19N3O5/c1-13(2,4-3-5-17)8-15-11-10(16(20)21)6-9(7-14-11)12(18)19/h6-7,17H,3-5,8H2,1-2H3,(H,14,15)(H,18,19). The minimum atomic E-state index is -1.26. The molecule has 0 unspecified atom stereocenters. The zero-order chi connectivity index (χ0) is 16.0. The van der Waals surface area contributed by atoms with Crippen LogP contribution in [0.4, 0.5) is 11.5 Å². The third kappa shape index (κ3) is 4.99. The van der Waals surface area contributed by atoms with Crippen LogP contribution in [0.1, 0.15) is 37.0 Å². The number of anilines is 1. The van der Waals surface area contributed by atoms with Crippen molar-refractivity contribution in [3.63, 3.8) is 0 Å². The first kappa shape index (κ1) is 16.8. The Bertz CT molecular complexity index is 531. The Morgan fingerprint density at radius 3 is 2.71 bits per heavy atom. The van der Waals surface area contributed by atoms with E-state index in [1.54, 1.807) is 0 Å². The number of carboxylic acid groups (broad SMARTS) is 1. The molecule has 0 saturated heterocycles. The van der Waals surface area contributed by atoms with Crippen LogP contribution < -0.4 is 5.32 Å². The van der Waals surface area contributed by atoms with E-state index in [9.17, 15) is 14.9 Å². The molecule has 0 fully saturated rings. The number of nitrogens with zero attached hydrogens (tertiary/aromatic N) is 2. The number of aliphatic hydroxyl groups excluding tert-OH is 1. The van der Waals surface area contributed by atoms with Crippen molar-refractivity contribution in [1.29, 1.82) is 0 Å². The number of rotatable bonds is 8. The van der Waals surface area contributed by atoms with Crippen LogP contribution in [0.3, 0.4) is 0 Å². The predicted octanol–water partition coefficient (Wildman–Crippen LogP) is 1.90. The van der Waals surface area contributed by atoms with E-state index in [0.717, 1.165) is 18.7 Å². The molecule has 0 bridgehead atoms. The maximum absolute atomic E-state index is 11.0. The first-order valence-corrected chi connectivity index (χ1v) is 6.49. The molecule has 1 rings (SSSR count). The van der Waals surface area contributed by atoms with E-state index in [1.165, 1.54) is 0 Å². The van der Waals surface area contributed by atoms with E-state index >= 15 is 0 Å². The fourth-order valence-corrected chi connectivity index (χ4v) is 1.81. The highest BCUT2D eigenvalue weighted by atomic mass is 16.6. The third-order valence-electron chi connectivity index (χ3n) is 3.06. The number of nitrogens with one attached hydrogen (secondary N) is 1. The van der Waals surface area contributed by atoms with Crippen molar-refractivity contribution in [2.24, 2.45) is 5.41 Å². The topological polar surface area (TPSA) is 126 Å². The third-order valence-corrected chi connectivity index (χ3v) is 3.06. The second-order valence-electron chi connectivity index (χ2n) is 5.50. The van der Waals surface area contributed by atoms with Crippen LogP contribution in [-0.2, 0) is 0 Å². The molecule has 8 heteroatoms. The smallest absolute Gasteiger partial charge is 0.337 e. The van der Waals surface area contributed by atoms with Gasteiger partial charge >= 0.3 is 11.7 Å². The quantitative estimate of drug-likeness (QED) is 0.494. The first-order chi connectivity index (χ1) is 9.76. The number of aromatic nitrogens is 1. The zero-order valence-corrected chi connectivity index (χ0v) is 12.0. The molecule has 116 valence electrons. The maximum Gasteiger partial charge on any atom is 0.337 e. The molecule has 0 spiro atoms. The van der Waals surface area contributed by atoms with E-state index in [0.29, 0.717) is 13.0 Å². The summed E-state index contributed by atoms with van der Waals surface area (Å²) >= 11 is 0. The van der Waals surface area contributed by atoms with Gasteiger partial charge in [-0.15, -0.1) is 0 Å². The van der Waals surface area contributed by atoms with Crippen LogP contribution in [0.25, 0.3) is 0 Å². The van der Waals surface area contributed by atoms with E-state index in [2.05, 4.69) is 10.3 Å². The van der Waals surface area contributed by atoms with Crippen molar-refractivity contribution in [1.82, 2.24) is 4.98 Å². The molecule has 21 heavy (non-hydrogen) atoms.